The van der Waals surface area contributed by atoms with Crippen LogP contribution < -0.4 is 0 Å². The Morgan fingerprint density at radius 3 is 1.08 bits per heavy atom. The van der Waals surface area contributed by atoms with Crippen LogP contribution in [0.15, 0.2) is 60.8 Å². The van der Waals surface area contributed by atoms with Crippen LogP contribution in [0.25, 0.3) is 0 Å². The van der Waals surface area contributed by atoms with Crippen molar-refractivity contribution in [3.63, 3.8) is 0 Å². The van der Waals surface area contributed by atoms with Gasteiger partial charge < -0.3 is 14.2 Å². The predicted molar refractivity (Wildman–Crippen MR) is 279 cm³/mol. The van der Waals surface area contributed by atoms with E-state index >= 15 is 0 Å². The monoisotopic (exact) mass is 909 g/mol. The summed E-state index contributed by atoms with van der Waals surface area (Å²) in [6.07, 6.45) is 66.5. The van der Waals surface area contributed by atoms with Gasteiger partial charge in [0.1, 0.15) is 13.2 Å². The molecule has 0 radical (unpaired) electrons. The molecule has 6 nitrogen and oxygen atoms in total. The third-order valence-electron chi connectivity index (χ3n) is 12.0. The molecule has 0 saturated heterocycles. The van der Waals surface area contributed by atoms with Gasteiger partial charge in [0.15, 0.2) is 6.10 Å². The minimum absolute atomic E-state index is 0.0977. The number of hydrogen-bond acceptors (Lipinski definition) is 6. The largest absolute Gasteiger partial charge is 0.462 e. The molecule has 1 unspecified atom stereocenters. The number of rotatable bonds is 50. The third kappa shape index (κ3) is 51.9. The standard InChI is InChI=1S/C59H104O6/c1-4-7-10-13-16-19-22-25-27-28-29-30-32-34-37-40-43-46-49-52-58(61)64-55-56(54-63-57(60)51-48-45-42-39-36-33-24-21-18-15-12-9-6-3)65-59(62)53-50-47-44-41-38-35-31-26-23-20-17-14-11-8-5-2/h17,20,23,26,28-29,33,36,42,45,56H,4-16,18-19,21-22,24-25,27,30-32,34-35,37-41,43-44,46-55H2,1-3H3/b20-17-,26-23-,29-28-,36-33-,45-42-. The second-order valence-electron chi connectivity index (χ2n) is 18.5. The summed E-state index contributed by atoms with van der Waals surface area (Å²) in [5.41, 5.74) is 0. The van der Waals surface area contributed by atoms with Gasteiger partial charge in [0, 0.05) is 19.3 Å². The average molecular weight is 909 g/mol. The number of esters is 3. The summed E-state index contributed by atoms with van der Waals surface area (Å²) in [4.78, 5) is 38.0. The molecule has 0 aliphatic carbocycles. The van der Waals surface area contributed by atoms with Gasteiger partial charge in [0.05, 0.1) is 0 Å². The molecule has 1 atom stereocenters. The van der Waals surface area contributed by atoms with Crippen molar-refractivity contribution in [2.75, 3.05) is 13.2 Å². The fourth-order valence-corrected chi connectivity index (χ4v) is 7.78. The van der Waals surface area contributed by atoms with E-state index in [4.69, 9.17) is 14.2 Å². The number of unbranched alkanes of at least 4 members (excludes halogenated alkanes) is 30. The number of ether oxygens (including phenoxy) is 3. The van der Waals surface area contributed by atoms with Crippen molar-refractivity contribution in [1.29, 1.82) is 0 Å². The predicted octanol–water partition coefficient (Wildman–Crippen LogP) is 18.4. The molecule has 0 aromatic heterocycles. The van der Waals surface area contributed by atoms with Crippen molar-refractivity contribution < 1.29 is 28.6 Å². The molecule has 0 heterocycles. The lowest BCUT2D eigenvalue weighted by Gasteiger charge is -2.18. The van der Waals surface area contributed by atoms with E-state index < -0.39 is 6.10 Å². The maximum absolute atomic E-state index is 12.8. The first kappa shape index (κ1) is 62.1. The third-order valence-corrected chi connectivity index (χ3v) is 12.0. The maximum atomic E-state index is 12.8. The highest BCUT2D eigenvalue weighted by Gasteiger charge is 2.19. The first-order valence-electron chi connectivity index (χ1n) is 27.8. The number of carbonyl (C=O) groups excluding carboxylic acids is 3. The van der Waals surface area contributed by atoms with Crippen LogP contribution in [0.5, 0.6) is 0 Å². The molecule has 65 heavy (non-hydrogen) atoms. The molecule has 6 heteroatoms. The molecule has 376 valence electrons. The minimum Gasteiger partial charge on any atom is -0.462 e. The second-order valence-corrected chi connectivity index (χ2v) is 18.5. The van der Waals surface area contributed by atoms with E-state index in [0.717, 1.165) is 64.2 Å². The number of allylic oxidation sites excluding steroid dienone is 10. The second kappa shape index (κ2) is 53.7. The van der Waals surface area contributed by atoms with Gasteiger partial charge in [-0.3, -0.25) is 14.4 Å². The van der Waals surface area contributed by atoms with Crippen molar-refractivity contribution in [2.45, 2.75) is 284 Å². The van der Waals surface area contributed by atoms with Crippen LogP contribution in [0.2, 0.25) is 0 Å². The zero-order valence-corrected chi connectivity index (χ0v) is 43.0. The van der Waals surface area contributed by atoms with E-state index in [1.165, 1.54) is 167 Å². The van der Waals surface area contributed by atoms with Crippen molar-refractivity contribution in [3.8, 4) is 0 Å². The van der Waals surface area contributed by atoms with Gasteiger partial charge in [-0.05, 0) is 89.9 Å². The Labute approximate surface area is 402 Å². The van der Waals surface area contributed by atoms with Crippen LogP contribution >= 0.6 is 0 Å². The van der Waals surface area contributed by atoms with E-state index in [2.05, 4.69) is 75.5 Å². The van der Waals surface area contributed by atoms with Crippen LogP contribution in [-0.2, 0) is 28.6 Å². The fourth-order valence-electron chi connectivity index (χ4n) is 7.78. The molecule has 0 aliphatic heterocycles. The Hall–Kier alpha value is -2.89. The molecule has 0 amide bonds. The van der Waals surface area contributed by atoms with Gasteiger partial charge in [-0.2, -0.15) is 0 Å². The lowest BCUT2D eigenvalue weighted by molar-refractivity contribution is -0.166. The molecule has 0 N–H and O–H groups in total. The van der Waals surface area contributed by atoms with Crippen LogP contribution in [0.3, 0.4) is 0 Å². The van der Waals surface area contributed by atoms with Crippen molar-refractivity contribution in [2.24, 2.45) is 0 Å². The topological polar surface area (TPSA) is 78.9 Å². The van der Waals surface area contributed by atoms with Gasteiger partial charge in [0.25, 0.3) is 0 Å². The molecule has 0 aromatic rings. The summed E-state index contributed by atoms with van der Waals surface area (Å²) < 4.78 is 16.8. The van der Waals surface area contributed by atoms with E-state index in [1.54, 1.807) is 0 Å². The highest BCUT2D eigenvalue weighted by molar-refractivity contribution is 5.71. The lowest BCUT2D eigenvalue weighted by atomic mass is 10.1. The van der Waals surface area contributed by atoms with Gasteiger partial charge in [-0.1, -0.05) is 229 Å². The summed E-state index contributed by atoms with van der Waals surface area (Å²) in [7, 11) is 0. The van der Waals surface area contributed by atoms with Gasteiger partial charge in [0.2, 0.25) is 0 Å². The molecule has 0 saturated carbocycles. The highest BCUT2D eigenvalue weighted by Crippen LogP contribution is 2.15. The zero-order chi connectivity index (χ0) is 47.2. The van der Waals surface area contributed by atoms with Crippen molar-refractivity contribution >= 4 is 17.9 Å². The summed E-state index contributed by atoms with van der Waals surface area (Å²) in [5.74, 6) is -0.977. The first-order valence-corrected chi connectivity index (χ1v) is 27.8. The Morgan fingerprint density at radius 2 is 0.631 bits per heavy atom. The summed E-state index contributed by atoms with van der Waals surface area (Å²) >= 11 is 0. The Balaban J connectivity index is 4.41. The molecular weight excluding hydrogens is 805 g/mol. The van der Waals surface area contributed by atoms with E-state index in [9.17, 15) is 14.4 Å². The molecule has 0 bridgehead atoms. The molecule has 0 fully saturated rings. The van der Waals surface area contributed by atoms with Crippen LogP contribution in [0.1, 0.15) is 278 Å². The highest BCUT2D eigenvalue weighted by atomic mass is 16.6. The van der Waals surface area contributed by atoms with Gasteiger partial charge in [-0.25, -0.2) is 0 Å². The fraction of sp³-hybridized carbons (Fsp3) is 0.780. The maximum Gasteiger partial charge on any atom is 0.306 e. The summed E-state index contributed by atoms with van der Waals surface area (Å²) in [6.45, 7) is 6.55. The number of hydrogen-bond donors (Lipinski definition) is 0. The van der Waals surface area contributed by atoms with Crippen LogP contribution in [0, 0.1) is 0 Å². The van der Waals surface area contributed by atoms with E-state index in [1.807, 2.05) is 6.08 Å². The molecule has 0 rings (SSSR count). The SMILES string of the molecule is CCCCC/C=C\C=C/CCCCCCCCC(=O)OC(COC(=O)CC/C=C\C/C=C\CCCCCCCC)COC(=O)CCCCCCCCC/C=C\CCCCCCCCCC. The zero-order valence-electron chi connectivity index (χ0n) is 43.0. The van der Waals surface area contributed by atoms with Gasteiger partial charge in [-0.15, -0.1) is 0 Å². The Kier molecular flexibility index (Phi) is 51.3. The van der Waals surface area contributed by atoms with E-state index in [-0.39, 0.29) is 37.5 Å². The molecule has 0 aliphatic rings. The first-order chi connectivity index (χ1) is 32.0. The van der Waals surface area contributed by atoms with Crippen LogP contribution in [-0.4, -0.2) is 37.2 Å². The van der Waals surface area contributed by atoms with Crippen LogP contribution in [0.4, 0.5) is 0 Å². The average Bonchev–Trinajstić information content (AvgIpc) is 3.30. The quantitative estimate of drug-likeness (QED) is 0.0199. The molecule has 0 spiro atoms. The van der Waals surface area contributed by atoms with E-state index in [0.29, 0.717) is 19.3 Å². The number of carbonyl (C=O) groups is 3. The summed E-state index contributed by atoms with van der Waals surface area (Å²) in [6, 6.07) is 0. The molecule has 0 aromatic carbocycles. The van der Waals surface area contributed by atoms with Crippen molar-refractivity contribution in [1.82, 2.24) is 0 Å². The minimum atomic E-state index is -0.804. The normalized spacial score (nSPS) is 12.5. The lowest BCUT2D eigenvalue weighted by Crippen LogP contribution is -2.30. The van der Waals surface area contributed by atoms with Gasteiger partial charge >= 0.3 is 17.9 Å². The van der Waals surface area contributed by atoms with Crippen molar-refractivity contribution in [3.05, 3.63) is 60.8 Å². The summed E-state index contributed by atoms with van der Waals surface area (Å²) in [5, 5.41) is 0. The molecular formula is C59H104O6. The smallest absolute Gasteiger partial charge is 0.306 e. The Morgan fingerprint density at radius 1 is 0.323 bits per heavy atom. The Bertz CT molecular complexity index is 1180.